The number of benzene rings is 1. The van der Waals surface area contributed by atoms with Gasteiger partial charge >= 0.3 is 0 Å². The zero-order valence-electron chi connectivity index (χ0n) is 12.1. The van der Waals surface area contributed by atoms with E-state index in [-0.39, 0.29) is 18.5 Å². The van der Waals surface area contributed by atoms with Crippen LogP contribution in [0.15, 0.2) is 36.7 Å². The van der Waals surface area contributed by atoms with Crippen LogP contribution in [0, 0.1) is 11.6 Å². The van der Waals surface area contributed by atoms with Gasteiger partial charge in [-0.1, -0.05) is 13.0 Å². The molecule has 2 rings (SSSR count). The van der Waals surface area contributed by atoms with E-state index >= 15 is 0 Å². The van der Waals surface area contributed by atoms with Crippen LogP contribution >= 0.6 is 0 Å². The zero-order chi connectivity index (χ0) is 15.2. The number of hydrogen-bond acceptors (Lipinski definition) is 3. The lowest BCUT2D eigenvalue weighted by Gasteiger charge is -2.14. The highest BCUT2D eigenvalue weighted by Gasteiger charge is 2.11. The molecule has 3 nitrogen and oxygen atoms in total. The van der Waals surface area contributed by atoms with Gasteiger partial charge < -0.3 is 10.1 Å². The summed E-state index contributed by atoms with van der Waals surface area (Å²) in [4.78, 5) is 3.73. The molecule has 0 amide bonds. The molecule has 2 aromatic rings. The van der Waals surface area contributed by atoms with Crippen molar-refractivity contribution in [1.29, 1.82) is 0 Å². The second-order valence-electron chi connectivity index (χ2n) is 4.76. The van der Waals surface area contributed by atoms with Gasteiger partial charge in [-0.2, -0.15) is 0 Å². The first kappa shape index (κ1) is 15.4. The number of nitrogens with zero attached hydrogens (tertiary/aromatic N) is 1. The van der Waals surface area contributed by atoms with Crippen molar-refractivity contribution in [2.75, 3.05) is 6.54 Å². The van der Waals surface area contributed by atoms with Crippen LogP contribution in [-0.4, -0.2) is 11.5 Å². The quantitative estimate of drug-likeness (QED) is 0.883. The number of hydrogen-bond donors (Lipinski definition) is 1. The normalized spacial score (nSPS) is 12.2. The predicted octanol–water partition coefficient (Wildman–Crippen LogP) is 3.61. The van der Waals surface area contributed by atoms with Gasteiger partial charge in [0.05, 0.1) is 6.20 Å². The summed E-state index contributed by atoms with van der Waals surface area (Å²) in [5, 5.41) is 3.16. The predicted molar refractivity (Wildman–Crippen MR) is 77.0 cm³/mol. The second kappa shape index (κ2) is 7.13. The highest BCUT2D eigenvalue weighted by Crippen LogP contribution is 2.22. The van der Waals surface area contributed by atoms with Gasteiger partial charge in [-0.15, -0.1) is 0 Å². The largest absolute Gasteiger partial charge is 0.489 e. The number of aromatic nitrogens is 1. The third kappa shape index (κ3) is 4.23. The summed E-state index contributed by atoms with van der Waals surface area (Å²) in [5.74, 6) is -0.334. The molecular formula is C16H18F2N2O. The maximum Gasteiger partial charge on any atom is 0.141 e. The number of halogens is 2. The van der Waals surface area contributed by atoms with Crippen molar-refractivity contribution in [3.63, 3.8) is 0 Å². The van der Waals surface area contributed by atoms with E-state index in [1.54, 1.807) is 12.1 Å². The summed E-state index contributed by atoms with van der Waals surface area (Å²) in [6.07, 6.45) is 2.64. The average molecular weight is 292 g/mol. The van der Waals surface area contributed by atoms with Crippen molar-refractivity contribution in [2.24, 2.45) is 0 Å². The van der Waals surface area contributed by atoms with Gasteiger partial charge in [0, 0.05) is 29.4 Å². The third-order valence-corrected chi connectivity index (χ3v) is 3.12. The molecule has 0 radical (unpaired) electrons. The molecule has 1 aromatic carbocycles. The van der Waals surface area contributed by atoms with E-state index in [2.05, 4.69) is 10.3 Å². The maximum atomic E-state index is 14.0. The molecule has 1 atom stereocenters. The van der Waals surface area contributed by atoms with Crippen molar-refractivity contribution in [2.45, 2.75) is 26.5 Å². The van der Waals surface area contributed by atoms with Gasteiger partial charge in [0.1, 0.15) is 24.0 Å². The molecule has 0 aliphatic heterocycles. The number of ether oxygens (including phenoxy) is 1. The van der Waals surface area contributed by atoms with Crippen LogP contribution in [0.25, 0.3) is 0 Å². The van der Waals surface area contributed by atoms with E-state index in [1.165, 1.54) is 18.3 Å². The lowest BCUT2D eigenvalue weighted by atomic mass is 10.1. The van der Waals surface area contributed by atoms with Crippen LogP contribution in [-0.2, 0) is 6.61 Å². The summed E-state index contributed by atoms with van der Waals surface area (Å²) in [5.41, 5.74) is 1.19. The molecule has 1 N–H and O–H groups in total. The fourth-order valence-electron chi connectivity index (χ4n) is 2.07. The van der Waals surface area contributed by atoms with E-state index in [1.807, 2.05) is 13.8 Å². The molecule has 0 aliphatic carbocycles. The maximum absolute atomic E-state index is 14.0. The number of pyridine rings is 1. The Balaban J connectivity index is 2.03. The molecule has 1 aromatic heterocycles. The Morgan fingerprint density at radius 2 is 2.05 bits per heavy atom. The minimum Gasteiger partial charge on any atom is -0.489 e. The van der Waals surface area contributed by atoms with Gasteiger partial charge in [0.15, 0.2) is 0 Å². The molecule has 0 aliphatic rings. The Morgan fingerprint density at radius 1 is 1.24 bits per heavy atom. The Bertz CT molecular complexity index is 605. The zero-order valence-corrected chi connectivity index (χ0v) is 12.1. The standard InChI is InChI=1S/C16H18F2N2O/c1-3-20-11(2)15-5-4-14(7-16(15)18)21-10-12-6-13(17)9-19-8-12/h4-9,11,20H,3,10H2,1-2H3. The van der Waals surface area contributed by atoms with Gasteiger partial charge in [0.25, 0.3) is 0 Å². The summed E-state index contributed by atoms with van der Waals surface area (Å²) in [6.45, 7) is 4.79. The van der Waals surface area contributed by atoms with Crippen molar-refractivity contribution >= 4 is 0 Å². The topological polar surface area (TPSA) is 34.1 Å². The summed E-state index contributed by atoms with van der Waals surface area (Å²) >= 11 is 0. The molecule has 0 saturated carbocycles. The molecule has 1 heterocycles. The van der Waals surface area contributed by atoms with Crippen molar-refractivity contribution in [3.05, 3.63) is 59.4 Å². The summed E-state index contributed by atoms with van der Waals surface area (Å²) in [6, 6.07) is 6.03. The Labute approximate surface area is 123 Å². The van der Waals surface area contributed by atoms with E-state index < -0.39 is 5.82 Å². The van der Waals surface area contributed by atoms with Crippen LogP contribution in [0.2, 0.25) is 0 Å². The summed E-state index contributed by atoms with van der Waals surface area (Å²) < 4.78 is 32.5. The third-order valence-electron chi connectivity index (χ3n) is 3.12. The number of nitrogens with one attached hydrogen (secondary N) is 1. The highest BCUT2D eigenvalue weighted by atomic mass is 19.1. The van der Waals surface area contributed by atoms with Crippen LogP contribution < -0.4 is 10.1 Å². The first-order chi connectivity index (χ1) is 10.1. The minimum atomic E-state index is -0.419. The summed E-state index contributed by atoms with van der Waals surface area (Å²) in [7, 11) is 0. The molecule has 0 bridgehead atoms. The van der Waals surface area contributed by atoms with Gasteiger partial charge in [-0.05, 0) is 25.6 Å². The fraction of sp³-hybridized carbons (Fsp3) is 0.312. The molecule has 1 unspecified atom stereocenters. The van der Waals surface area contributed by atoms with Crippen LogP contribution in [0.1, 0.15) is 31.0 Å². The lowest BCUT2D eigenvalue weighted by molar-refractivity contribution is 0.303. The van der Waals surface area contributed by atoms with Crippen molar-refractivity contribution < 1.29 is 13.5 Å². The molecule has 0 saturated heterocycles. The molecule has 5 heteroatoms. The van der Waals surface area contributed by atoms with Gasteiger partial charge in [0.2, 0.25) is 0 Å². The van der Waals surface area contributed by atoms with Crippen LogP contribution in [0.4, 0.5) is 8.78 Å². The van der Waals surface area contributed by atoms with E-state index in [9.17, 15) is 8.78 Å². The second-order valence-corrected chi connectivity index (χ2v) is 4.76. The Morgan fingerprint density at radius 3 is 2.71 bits per heavy atom. The Kier molecular flexibility index (Phi) is 5.22. The van der Waals surface area contributed by atoms with Crippen molar-refractivity contribution in [3.8, 4) is 5.75 Å². The van der Waals surface area contributed by atoms with E-state index in [0.29, 0.717) is 16.9 Å². The molecule has 0 spiro atoms. The molecule has 21 heavy (non-hydrogen) atoms. The van der Waals surface area contributed by atoms with E-state index in [0.717, 1.165) is 12.7 Å². The van der Waals surface area contributed by atoms with Gasteiger partial charge in [-0.25, -0.2) is 8.78 Å². The molecule has 112 valence electrons. The minimum absolute atomic E-state index is 0.0588. The fourth-order valence-corrected chi connectivity index (χ4v) is 2.07. The smallest absolute Gasteiger partial charge is 0.141 e. The molecular weight excluding hydrogens is 274 g/mol. The Hall–Kier alpha value is -2.01. The lowest BCUT2D eigenvalue weighted by Crippen LogP contribution is -2.18. The van der Waals surface area contributed by atoms with Crippen LogP contribution in [0.3, 0.4) is 0 Å². The van der Waals surface area contributed by atoms with Gasteiger partial charge in [-0.3, -0.25) is 4.98 Å². The first-order valence-corrected chi connectivity index (χ1v) is 6.85. The monoisotopic (exact) mass is 292 g/mol. The number of rotatable bonds is 6. The SMILES string of the molecule is CCNC(C)c1ccc(OCc2cncc(F)c2)cc1F. The molecule has 0 fully saturated rings. The van der Waals surface area contributed by atoms with Crippen molar-refractivity contribution in [1.82, 2.24) is 10.3 Å². The first-order valence-electron chi connectivity index (χ1n) is 6.85. The highest BCUT2D eigenvalue weighted by molar-refractivity contribution is 5.31. The average Bonchev–Trinajstić information content (AvgIpc) is 2.45. The van der Waals surface area contributed by atoms with E-state index in [4.69, 9.17) is 4.74 Å². The van der Waals surface area contributed by atoms with Crippen LogP contribution in [0.5, 0.6) is 5.75 Å².